The van der Waals surface area contributed by atoms with Crippen LogP contribution in [0, 0.1) is 5.92 Å². The highest BCUT2D eigenvalue weighted by Crippen LogP contribution is 2.43. The molecule has 0 saturated carbocycles. The molecule has 0 bridgehead atoms. The topological polar surface area (TPSA) is 79.8 Å². The summed E-state index contributed by atoms with van der Waals surface area (Å²) in [5.74, 6) is -2.42. The molecule has 1 heterocycles. The van der Waals surface area contributed by atoms with Gasteiger partial charge >= 0.3 is 12.1 Å². The van der Waals surface area contributed by atoms with Crippen molar-refractivity contribution in [2.75, 3.05) is 6.61 Å². The van der Waals surface area contributed by atoms with E-state index < -0.39 is 34.9 Å². The first-order valence-electron chi connectivity index (χ1n) is 9.03. The third kappa shape index (κ3) is 4.34. The summed E-state index contributed by atoms with van der Waals surface area (Å²) in [6.45, 7) is 1.31. The van der Waals surface area contributed by atoms with Gasteiger partial charge in [-0.2, -0.15) is 13.2 Å². The van der Waals surface area contributed by atoms with Gasteiger partial charge < -0.3 is 25.2 Å². The molecule has 1 saturated heterocycles. The lowest BCUT2D eigenvalue weighted by atomic mass is 9.82. The van der Waals surface area contributed by atoms with E-state index in [1.807, 2.05) is 6.07 Å². The van der Waals surface area contributed by atoms with Gasteiger partial charge in [0.25, 0.3) is 5.72 Å². The molecule has 1 aliphatic rings. The number of aliphatic hydroxyl groups is 1. The van der Waals surface area contributed by atoms with Gasteiger partial charge in [0.2, 0.25) is 0 Å². The van der Waals surface area contributed by atoms with Crippen LogP contribution < -0.4 is 15.4 Å². The summed E-state index contributed by atoms with van der Waals surface area (Å²) in [5.41, 5.74) is -3.35. The molecular weight excluding hydrogens is 421 g/mol. The highest BCUT2D eigenvalue weighted by molar-refractivity contribution is 7.80. The SMILES string of the molecule is CCOC(=O)[C@@H]1[C@@H](c2cccc(Oc3ccccc3)c2)NC(=S)N[C@@]1(O)C(F)(F)F. The fourth-order valence-corrected chi connectivity index (χ4v) is 3.49. The average Bonchev–Trinajstić information content (AvgIpc) is 2.67. The summed E-state index contributed by atoms with van der Waals surface area (Å²) >= 11 is 4.88. The molecule has 1 aliphatic heterocycles. The molecule has 6 nitrogen and oxygen atoms in total. The Hall–Kier alpha value is -2.85. The van der Waals surface area contributed by atoms with Gasteiger partial charge in [-0.1, -0.05) is 30.3 Å². The van der Waals surface area contributed by atoms with Crippen LogP contribution in [-0.4, -0.2) is 34.7 Å². The largest absolute Gasteiger partial charge is 0.466 e. The summed E-state index contributed by atoms with van der Waals surface area (Å²) in [4.78, 5) is 12.5. The van der Waals surface area contributed by atoms with Crippen molar-refractivity contribution >= 4 is 23.3 Å². The Balaban J connectivity index is 2.02. The first-order valence-corrected chi connectivity index (χ1v) is 9.44. The zero-order valence-corrected chi connectivity index (χ0v) is 16.6. The lowest BCUT2D eigenvalue weighted by Crippen LogP contribution is -2.73. The molecule has 0 radical (unpaired) electrons. The van der Waals surface area contributed by atoms with Gasteiger partial charge in [0.15, 0.2) is 5.11 Å². The molecule has 1 fully saturated rings. The van der Waals surface area contributed by atoms with Crippen molar-refractivity contribution in [3.63, 3.8) is 0 Å². The first kappa shape index (κ1) is 21.8. The van der Waals surface area contributed by atoms with E-state index in [1.165, 1.54) is 19.1 Å². The van der Waals surface area contributed by atoms with Gasteiger partial charge in [-0.25, -0.2) is 0 Å². The molecule has 0 unspecified atom stereocenters. The fourth-order valence-electron chi connectivity index (χ4n) is 3.21. The van der Waals surface area contributed by atoms with Crippen molar-refractivity contribution in [1.82, 2.24) is 10.6 Å². The number of alkyl halides is 3. The van der Waals surface area contributed by atoms with Crippen LogP contribution in [0.4, 0.5) is 13.2 Å². The van der Waals surface area contributed by atoms with Crippen LogP contribution in [-0.2, 0) is 9.53 Å². The van der Waals surface area contributed by atoms with Gasteiger partial charge in [0, 0.05) is 0 Å². The monoisotopic (exact) mass is 440 g/mol. The fraction of sp³-hybridized carbons (Fsp3) is 0.300. The standard InChI is InChI=1S/C20H19F3N2O4S/c1-2-28-17(26)15-16(24-18(30)25-19(15,27)20(21,22)23)12-7-6-10-14(11-12)29-13-8-4-3-5-9-13/h3-11,15-16,27H,2H2,1H3,(H2,24,25,30)/t15-,16+,19-/m0/s1. The van der Waals surface area contributed by atoms with Gasteiger partial charge in [-0.05, 0) is 49.0 Å². The molecule has 0 aromatic heterocycles. The Kier molecular flexibility index (Phi) is 6.18. The summed E-state index contributed by atoms with van der Waals surface area (Å²) in [5, 5.41) is 14.5. The number of benzene rings is 2. The van der Waals surface area contributed by atoms with Crippen LogP contribution in [0.3, 0.4) is 0 Å². The number of hydrogen-bond donors (Lipinski definition) is 3. The molecule has 0 aliphatic carbocycles. The predicted octanol–water partition coefficient (Wildman–Crippen LogP) is 3.43. The van der Waals surface area contributed by atoms with Crippen LogP contribution in [0.15, 0.2) is 54.6 Å². The van der Waals surface area contributed by atoms with Crippen LogP contribution in [0.5, 0.6) is 11.5 Å². The molecule has 0 amide bonds. The van der Waals surface area contributed by atoms with Crippen molar-refractivity contribution in [1.29, 1.82) is 0 Å². The quantitative estimate of drug-likeness (QED) is 0.486. The number of ether oxygens (including phenoxy) is 2. The molecule has 0 spiro atoms. The van der Waals surface area contributed by atoms with Gasteiger partial charge in [-0.15, -0.1) is 0 Å². The number of halogens is 3. The van der Waals surface area contributed by atoms with Crippen molar-refractivity contribution in [2.45, 2.75) is 24.9 Å². The van der Waals surface area contributed by atoms with E-state index >= 15 is 0 Å². The maximum atomic E-state index is 13.8. The summed E-state index contributed by atoms with van der Waals surface area (Å²) in [6.07, 6.45) is -5.20. The van der Waals surface area contributed by atoms with E-state index in [4.69, 9.17) is 21.7 Å². The van der Waals surface area contributed by atoms with E-state index in [0.717, 1.165) is 0 Å². The van der Waals surface area contributed by atoms with Crippen molar-refractivity contribution < 1.29 is 32.5 Å². The number of carbonyl (C=O) groups is 1. The highest BCUT2D eigenvalue weighted by Gasteiger charge is 2.66. The second-order valence-electron chi connectivity index (χ2n) is 6.56. The van der Waals surface area contributed by atoms with E-state index in [2.05, 4.69) is 5.32 Å². The summed E-state index contributed by atoms with van der Waals surface area (Å²) in [6, 6.07) is 13.6. The Morgan fingerprint density at radius 3 is 2.47 bits per heavy atom. The Bertz CT molecular complexity index is 926. The number of thiocarbonyl (C=S) groups is 1. The lowest BCUT2D eigenvalue weighted by Gasteiger charge is -2.45. The zero-order valence-electron chi connectivity index (χ0n) is 15.8. The van der Waals surface area contributed by atoms with Crippen LogP contribution in [0.1, 0.15) is 18.5 Å². The van der Waals surface area contributed by atoms with E-state index in [9.17, 15) is 23.1 Å². The van der Waals surface area contributed by atoms with E-state index in [1.54, 1.807) is 41.7 Å². The third-order valence-corrected chi connectivity index (χ3v) is 4.76. The molecule has 3 rings (SSSR count). The molecule has 2 aromatic carbocycles. The van der Waals surface area contributed by atoms with Crippen LogP contribution >= 0.6 is 12.2 Å². The molecule has 2 aromatic rings. The minimum atomic E-state index is -5.20. The van der Waals surface area contributed by atoms with Gasteiger partial charge in [0.05, 0.1) is 12.6 Å². The normalized spacial score (nSPS) is 23.8. The summed E-state index contributed by atoms with van der Waals surface area (Å²) in [7, 11) is 0. The smallest absolute Gasteiger partial charge is 0.437 e. The van der Waals surface area contributed by atoms with Gasteiger partial charge in [-0.3, -0.25) is 4.79 Å². The number of carbonyl (C=O) groups excluding carboxylic acids is 1. The highest BCUT2D eigenvalue weighted by atomic mass is 32.1. The Labute approximate surface area is 176 Å². The summed E-state index contributed by atoms with van der Waals surface area (Å²) < 4.78 is 51.9. The number of para-hydroxylation sites is 1. The number of esters is 1. The average molecular weight is 440 g/mol. The Morgan fingerprint density at radius 1 is 1.17 bits per heavy atom. The van der Waals surface area contributed by atoms with Crippen molar-refractivity contribution in [3.8, 4) is 11.5 Å². The maximum absolute atomic E-state index is 13.8. The molecule has 10 heteroatoms. The third-order valence-electron chi connectivity index (χ3n) is 4.54. The maximum Gasteiger partial charge on any atom is 0.437 e. The molecule has 3 atom stereocenters. The van der Waals surface area contributed by atoms with Crippen molar-refractivity contribution in [3.05, 3.63) is 60.2 Å². The number of rotatable bonds is 5. The van der Waals surface area contributed by atoms with Gasteiger partial charge in [0.1, 0.15) is 17.4 Å². The van der Waals surface area contributed by atoms with Crippen LogP contribution in [0.25, 0.3) is 0 Å². The predicted molar refractivity (Wildman–Crippen MR) is 106 cm³/mol. The van der Waals surface area contributed by atoms with E-state index in [-0.39, 0.29) is 12.2 Å². The number of hydrogen-bond acceptors (Lipinski definition) is 5. The van der Waals surface area contributed by atoms with Crippen molar-refractivity contribution in [2.24, 2.45) is 5.92 Å². The number of nitrogens with one attached hydrogen (secondary N) is 2. The zero-order chi connectivity index (χ0) is 21.9. The molecular formula is C20H19F3N2O4S. The van der Waals surface area contributed by atoms with E-state index in [0.29, 0.717) is 11.5 Å². The molecule has 160 valence electrons. The lowest BCUT2D eigenvalue weighted by molar-refractivity contribution is -0.292. The van der Waals surface area contributed by atoms with Crippen LogP contribution in [0.2, 0.25) is 0 Å². The second-order valence-corrected chi connectivity index (χ2v) is 6.97. The molecule has 30 heavy (non-hydrogen) atoms. The first-order chi connectivity index (χ1) is 14.2. The minimum absolute atomic E-state index is 0.155. The Morgan fingerprint density at radius 2 is 1.83 bits per heavy atom. The second kappa shape index (κ2) is 8.49. The minimum Gasteiger partial charge on any atom is -0.466 e. The molecule has 3 N–H and O–H groups in total.